The largest absolute Gasteiger partial charge is 0.382 e. The van der Waals surface area contributed by atoms with Gasteiger partial charge >= 0.3 is 0 Å². The molecule has 19 heavy (non-hydrogen) atoms. The summed E-state index contributed by atoms with van der Waals surface area (Å²) in [4.78, 5) is 16.7. The molecule has 1 aromatic heterocycles. The highest BCUT2D eigenvalue weighted by atomic mass is 32.2. The van der Waals surface area contributed by atoms with Gasteiger partial charge in [0.2, 0.25) is 0 Å². The highest BCUT2D eigenvalue weighted by Gasteiger charge is 2.24. The van der Waals surface area contributed by atoms with Crippen molar-refractivity contribution in [2.24, 2.45) is 0 Å². The van der Waals surface area contributed by atoms with Gasteiger partial charge in [0.15, 0.2) is 5.13 Å². The number of hydrogen-bond acceptors (Lipinski definition) is 6. The van der Waals surface area contributed by atoms with Crippen molar-refractivity contribution >= 4 is 40.0 Å². The third-order valence-corrected chi connectivity index (χ3v) is 4.52. The molecule has 2 rings (SSSR count). The number of carbonyl (C=O) groups is 1. The van der Waals surface area contributed by atoms with Gasteiger partial charge in [-0.3, -0.25) is 4.79 Å². The average Bonchev–Trinajstić information content (AvgIpc) is 3.11. The van der Waals surface area contributed by atoms with E-state index in [-0.39, 0.29) is 5.91 Å². The van der Waals surface area contributed by atoms with Crippen molar-refractivity contribution in [3.05, 3.63) is 4.88 Å². The SMILES string of the molecule is CSCCCCNC(=O)c1sc(NC2CC2)nc1N. The number of nitrogen functional groups attached to an aromatic ring is 1. The summed E-state index contributed by atoms with van der Waals surface area (Å²) in [7, 11) is 0. The van der Waals surface area contributed by atoms with E-state index in [1.807, 2.05) is 11.8 Å². The Bertz CT molecular complexity index is 431. The van der Waals surface area contributed by atoms with Crippen LogP contribution in [0.5, 0.6) is 0 Å². The maximum Gasteiger partial charge on any atom is 0.265 e. The van der Waals surface area contributed by atoms with Crippen LogP contribution in [0, 0.1) is 0 Å². The third-order valence-electron chi connectivity index (χ3n) is 2.83. The Balaban J connectivity index is 1.78. The second-order valence-corrected chi connectivity index (χ2v) is 6.59. The standard InChI is InChI=1S/C12H20N4OS2/c1-18-7-3-2-6-14-11(17)9-10(13)16-12(19-9)15-8-4-5-8/h8H,2-7,13H2,1H3,(H,14,17)(H,15,16). The number of rotatable bonds is 8. The first-order valence-electron chi connectivity index (χ1n) is 6.50. The van der Waals surface area contributed by atoms with Crippen LogP contribution in [0.2, 0.25) is 0 Å². The van der Waals surface area contributed by atoms with Crippen LogP contribution in [0.1, 0.15) is 35.4 Å². The molecule has 1 amide bonds. The molecule has 0 aromatic carbocycles. The predicted molar refractivity (Wildman–Crippen MR) is 83.1 cm³/mol. The highest BCUT2D eigenvalue weighted by molar-refractivity contribution is 7.98. The quantitative estimate of drug-likeness (QED) is 0.641. The summed E-state index contributed by atoms with van der Waals surface area (Å²) in [6.07, 6.45) is 6.56. The van der Waals surface area contributed by atoms with E-state index in [1.165, 1.54) is 24.2 Å². The molecule has 0 aliphatic heterocycles. The van der Waals surface area contributed by atoms with E-state index in [0.29, 0.717) is 23.3 Å². The molecule has 0 atom stereocenters. The molecule has 1 saturated carbocycles. The van der Waals surface area contributed by atoms with Crippen molar-refractivity contribution in [2.75, 3.05) is 29.6 Å². The van der Waals surface area contributed by atoms with Crippen molar-refractivity contribution in [2.45, 2.75) is 31.7 Å². The fourth-order valence-electron chi connectivity index (χ4n) is 1.61. The minimum absolute atomic E-state index is 0.108. The van der Waals surface area contributed by atoms with Gasteiger partial charge in [0.1, 0.15) is 10.7 Å². The smallest absolute Gasteiger partial charge is 0.265 e. The topological polar surface area (TPSA) is 80.0 Å². The third kappa shape index (κ3) is 4.58. The molecule has 1 aliphatic carbocycles. The maximum absolute atomic E-state index is 12.0. The molecule has 1 aliphatic rings. The number of thioether (sulfide) groups is 1. The molecule has 0 radical (unpaired) electrons. The van der Waals surface area contributed by atoms with E-state index in [4.69, 9.17) is 5.73 Å². The van der Waals surface area contributed by atoms with E-state index >= 15 is 0 Å². The van der Waals surface area contributed by atoms with Gasteiger partial charge in [-0.2, -0.15) is 11.8 Å². The molecular formula is C12H20N4OS2. The van der Waals surface area contributed by atoms with Crippen LogP contribution in [0.15, 0.2) is 0 Å². The Labute approximate surface area is 121 Å². The van der Waals surface area contributed by atoms with Gasteiger partial charge in [0.25, 0.3) is 5.91 Å². The Morgan fingerprint density at radius 2 is 2.32 bits per heavy atom. The van der Waals surface area contributed by atoms with Crippen molar-refractivity contribution in [3.63, 3.8) is 0 Å². The molecule has 1 heterocycles. The van der Waals surface area contributed by atoms with E-state index in [0.717, 1.165) is 23.7 Å². The molecule has 0 unspecified atom stereocenters. The first kappa shape index (κ1) is 14.5. The van der Waals surface area contributed by atoms with Crippen molar-refractivity contribution < 1.29 is 4.79 Å². The normalized spacial score (nSPS) is 14.4. The zero-order valence-electron chi connectivity index (χ0n) is 11.1. The molecule has 7 heteroatoms. The number of hydrogen-bond donors (Lipinski definition) is 3. The lowest BCUT2D eigenvalue weighted by Gasteiger charge is -2.03. The van der Waals surface area contributed by atoms with Crippen molar-refractivity contribution in [3.8, 4) is 0 Å². The monoisotopic (exact) mass is 300 g/mol. The molecule has 106 valence electrons. The summed E-state index contributed by atoms with van der Waals surface area (Å²) in [5.74, 6) is 1.35. The summed E-state index contributed by atoms with van der Waals surface area (Å²) in [6.45, 7) is 0.697. The number of nitrogens with two attached hydrogens (primary N) is 1. The molecule has 0 bridgehead atoms. The van der Waals surface area contributed by atoms with Gasteiger partial charge in [0, 0.05) is 12.6 Å². The molecule has 0 spiro atoms. The Kier molecular flexibility index (Phi) is 5.33. The van der Waals surface area contributed by atoms with E-state index < -0.39 is 0 Å². The summed E-state index contributed by atoms with van der Waals surface area (Å²) < 4.78 is 0. The lowest BCUT2D eigenvalue weighted by molar-refractivity contribution is 0.0958. The molecule has 1 fully saturated rings. The van der Waals surface area contributed by atoms with Crippen LogP contribution >= 0.6 is 23.1 Å². The van der Waals surface area contributed by atoms with Gasteiger partial charge in [-0.15, -0.1) is 0 Å². The van der Waals surface area contributed by atoms with Gasteiger partial charge < -0.3 is 16.4 Å². The predicted octanol–water partition coefficient (Wildman–Crippen LogP) is 2.17. The zero-order valence-corrected chi connectivity index (χ0v) is 12.7. The molecule has 4 N–H and O–H groups in total. The molecule has 5 nitrogen and oxygen atoms in total. The fourth-order valence-corrected chi connectivity index (χ4v) is 2.98. The summed E-state index contributed by atoms with van der Waals surface area (Å²) in [5, 5.41) is 6.91. The van der Waals surface area contributed by atoms with Crippen LogP contribution < -0.4 is 16.4 Å². The van der Waals surface area contributed by atoms with E-state index in [2.05, 4.69) is 21.9 Å². The number of carbonyl (C=O) groups excluding carboxylic acids is 1. The highest BCUT2D eigenvalue weighted by Crippen LogP contribution is 2.30. The number of unbranched alkanes of at least 4 members (excludes halogenated alkanes) is 1. The zero-order chi connectivity index (χ0) is 13.7. The summed E-state index contributed by atoms with van der Waals surface area (Å²) in [6, 6.07) is 0.521. The van der Waals surface area contributed by atoms with E-state index in [1.54, 1.807) is 0 Å². The number of amides is 1. The van der Waals surface area contributed by atoms with Crippen molar-refractivity contribution in [1.82, 2.24) is 10.3 Å². The van der Waals surface area contributed by atoms with E-state index in [9.17, 15) is 4.79 Å². The maximum atomic E-state index is 12.0. The summed E-state index contributed by atoms with van der Waals surface area (Å²) in [5.41, 5.74) is 5.79. The first-order chi connectivity index (χ1) is 9.20. The number of nitrogens with zero attached hydrogens (tertiary/aromatic N) is 1. The number of thiazole rings is 1. The van der Waals surface area contributed by atoms with Gasteiger partial charge in [-0.05, 0) is 37.7 Å². The second kappa shape index (κ2) is 7.00. The first-order valence-corrected chi connectivity index (χ1v) is 8.71. The van der Waals surface area contributed by atoms with Crippen LogP contribution in [0.3, 0.4) is 0 Å². The number of anilines is 2. The van der Waals surface area contributed by atoms with Gasteiger partial charge in [-0.1, -0.05) is 11.3 Å². The second-order valence-electron chi connectivity index (χ2n) is 4.61. The molecule has 0 saturated heterocycles. The van der Waals surface area contributed by atoms with Crippen LogP contribution in [0.4, 0.5) is 10.9 Å². The average molecular weight is 300 g/mol. The summed E-state index contributed by atoms with van der Waals surface area (Å²) >= 11 is 3.17. The number of nitrogens with one attached hydrogen (secondary N) is 2. The Hall–Kier alpha value is -0.950. The fraction of sp³-hybridized carbons (Fsp3) is 0.667. The van der Waals surface area contributed by atoms with Gasteiger partial charge in [-0.25, -0.2) is 4.98 Å². The molecular weight excluding hydrogens is 280 g/mol. The lowest BCUT2D eigenvalue weighted by atomic mass is 10.3. The van der Waals surface area contributed by atoms with Crippen molar-refractivity contribution in [1.29, 1.82) is 0 Å². The van der Waals surface area contributed by atoms with Crippen LogP contribution in [-0.2, 0) is 0 Å². The minimum Gasteiger partial charge on any atom is -0.382 e. The Morgan fingerprint density at radius 1 is 1.53 bits per heavy atom. The molecule has 1 aromatic rings. The Morgan fingerprint density at radius 3 is 3.00 bits per heavy atom. The number of aromatic nitrogens is 1. The van der Waals surface area contributed by atoms with Crippen LogP contribution in [0.25, 0.3) is 0 Å². The minimum atomic E-state index is -0.108. The van der Waals surface area contributed by atoms with Gasteiger partial charge in [0.05, 0.1) is 0 Å². The van der Waals surface area contributed by atoms with Crippen LogP contribution in [-0.4, -0.2) is 35.5 Å². The lowest BCUT2D eigenvalue weighted by Crippen LogP contribution is -2.24.